The second-order valence-corrected chi connectivity index (χ2v) is 4.56. The van der Waals surface area contributed by atoms with Crippen molar-refractivity contribution in [1.29, 1.82) is 0 Å². The number of aryl methyl sites for hydroxylation is 2. The van der Waals surface area contributed by atoms with Crippen molar-refractivity contribution >= 4 is 5.97 Å². The van der Waals surface area contributed by atoms with Crippen molar-refractivity contribution in [2.45, 2.75) is 20.5 Å². The van der Waals surface area contributed by atoms with Gasteiger partial charge in [-0.1, -0.05) is 29.8 Å². The van der Waals surface area contributed by atoms with E-state index >= 15 is 0 Å². The van der Waals surface area contributed by atoms with Gasteiger partial charge in [-0.05, 0) is 43.2 Å². The Bertz CT molecular complexity index is 603. The van der Waals surface area contributed by atoms with Crippen LogP contribution in [0.4, 0.5) is 0 Å². The number of carboxylic acids is 1. The van der Waals surface area contributed by atoms with Crippen LogP contribution in [0.5, 0.6) is 5.75 Å². The summed E-state index contributed by atoms with van der Waals surface area (Å²) in [6, 6.07) is 13.1. The minimum atomic E-state index is -0.914. The number of hydrogen-bond acceptors (Lipinski definition) is 2. The Balaban J connectivity index is 2.08. The van der Waals surface area contributed by atoms with Crippen LogP contribution >= 0.6 is 0 Å². The van der Waals surface area contributed by atoms with E-state index < -0.39 is 5.97 Å². The summed E-state index contributed by atoms with van der Waals surface area (Å²) < 4.78 is 5.67. The fourth-order valence-corrected chi connectivity index (χ4v) is 1.93. The van der Waals surface area contributed by atoms with E-state index in [2.05, 4.69) is 6.07 Å². The van der Waals surface area contributed by atoms with Gasteiger partial charge < -0.3 is 9.84 Å². The van der Waals surface area contributed by atoms with Crippen molar-refractivity contribution in [2.24, 2.45) is 0 Å². The zero-order valence-electron chi connectivity index (χ0n) is 11.0. The van der Waals surface area contributed by atoms with Gasteiger partial charge in [-0.25, -0.2) is 4.79 Å². The van der Waals surface area contributed by atoms with Gasteiger partial charge in [0.2, 0.25) is 0 Å². The average Bonchev–Trinajstić information content (AvgIpc) is 2.36. The molecule has 0 aliphatic carbocycles. The second-order valence-electron chi connectivity index (χ2n) is 4.56. The molecule has 98 valence electrons. The highest BCUT2D eigenvalue weighted by Gasteiger charge is 2.07. The lowest BCUT2D eigenvalue weighted by Gasteiger charge is -2.09. The summed E-state index contributed by atoms with van der Waals surface area (Å²) in [7, 11) is 0. The Kier molecular flexibility index (Phi) is 3.85. The first-order chi connectivity index (χ1) is 9.06. The maximum absolute atomic E-state index is 10.9. The van der Waals surface area contributed by atoms with Crippen molar-refractivity contribution in [3.8, 4) is 5.75 Å². The van der Waals surface area contributed by atoms with Crippen LogP contribution in [0.2, 0.25) is 0 Å². The Morgan fingerprint density at radius 1 is 1.16 bits per heavy atom. The molecule has 0 saturated heterocycles. The predicted octanol–water partition coefficient (Wildman–Crippen LogP) is 3.58. The van der Waals surface area contributed by atoms with Crippen LogP contribution < -0.4 is 4.74 Å². The highest BCUT2D eigenvalue weighted by molar-refractivity contribution is 5.89. The van der Waals surface area contributed by atoms with Crippen LogP contribution in [-0.4, -0.2) is 11.1 Å². The number of aromatic carboxylic acids is 1. The molecule has 0 bridgehead atoms. The fraction of sp³-hybridized carbons (Fsp3) is 0.188. The third-order valence-corrected chi connectivity index (χ3v) is 2.92. The fourth-order valence-electron chi connectivity index (χ4n) is 1.93. The zero-order valence-corrected chi connectivity index (χ0v) is 11.0. The maximum atomic E-state index is 10.9. The van der Waals surface area contributed by atoms with Crippen LogP contribution in [0.1, 0.15) is 27.0 Å². The summed E-state index contributed by atoms with van der Waals surface area (Å²) in [6.45, 7) is 4.28. The van der Waals surface area contributed by atoms with Crippen LogP contribution in [0.3, 0.4) is 0 Å². The number of benzene rings is 2. The van der Waals surface area contributed by atoms with Gasteiger partial charge in [-0.15, -0.1) is 0 Å². The summed E-state index contributed by atoms with van der Waals surface area (Å²) in [5, 5.41) is 8.95. The Morgan fingerprint density at radius 3 is 2.58 bits per heavy atom. The van der Waals surface area contributed by atoms with Crippen LogP contribution in [0.15, 0.2) is 42.5 Å². The lowest BCUT2D eigenvalue weighted by Crippen LogP contribution is -2.01. The molecular weight excluding hydrogens is 240 g/mol. The SMILES string of the molecule is Cc1cccc(COc2ccc(C(=O)O)c(C)c2)c1. The van der Waals surface area contributed by atoms with Gasteiger partial charge in [0, 0.05) is 0 Å². The third kappa shape index (κ3) is 3.35. The maximum Gasteiger partial charge on any atom is 0.335 e. The number of ether oxygens (including phenoxy) is 1. The van der Waals surface area contributed by atoms with Crippen LogP contribution in [0, 0.1) is 13.8 Å². The Labute approximate surface area is 112 Å². The van der Waals surface area contributed by atoms with E-state index in [4.69, 9.17) is 9.84 Å². The van der Waals surface area contributed by atoms with Crippen LogP contribution in [-0.2, 0) is 6.61 Å². The molecule has 0 spiro atoms. The van der Waals surface area contributed by atoms with E-state index in [0.29, 0.717) is 23.5 Å². The van der Waals surface area contributed by atoms with Gasteiger partial charge in [0.15, 0.2) is 0 Å². The quantitative estimate of drug-likeness (QED) is 0.909. The van der Waals surface area contributed by atoms with Gasteiger partial charge in [0.1, 0.15) is 12.4 Å². The Morgan fingerprint density at radius 2 is 1.95 bits per heavy atom. The highest BCUT2D eigenvalue weighted by atomic mass is 16.5. The first-order valence-electron chi connectivity index (χ1n) is 6.08. The lowest BCUT2D eigenvalue weighted by atomic mass is 10.1. The molecule has 19 heavy (non-hydrogen) atoms. The average molecular weight is 256 g/mol. The molecule has 0 aliphatic heterocycles. The standard InChI is InChI=1S/C16H16O3/c1-11-4-3-5-13(8-11)10-19-14-6-7-15(16(17)18)12(2)9-14/h3-9H,10H2,1-2H3,(H,17,18). The number of hydrogen-bond donors (Lipinski definition) is 1. The van der Waals surface area contributed by atoms with Gasteiger partial charge >= 0.3 is 5.97 Å². The molecule has 0 unspecified atom stereocenters. The Hall–Kier alpha value is -2.29. The highest BCUT2D eigenvalue weighted by Crippen LogP contribution is 2.18. The first kappa shape index (κ1) is 13.1. The van der Waals surface area contributed by atoms with Gasteiger partial charge in [0.05, 0.1) is 5.56 Å². The van der Waals surface area contributed by atoms with E-state index in [1.807, 2.05) is 25.1 Å². The van der Waals surface area contributed by atoms with Gasteiger partial charge in [-0.2, -0.15) is 0 Å². The minimum absolute atomic E-state index is 0.308. The largest absolute Gasteiger partial charge is 0.489 e. The normalized spacial score (nSPS) is 10.2. The molecule has 0 aromatic heterocycles. The summed E-state index contributed by atoms with van der Waals surface area (Å²) in [5.41, 5.74) is 3.30. The molecule has 0 amide bonds. The van der Waals surface area contributed by atoms with Crippen molar-refractivity contribution in [3.63, 3.8) is 0 Å². The predicted molar refractivity (Wildman–Crippen MR) is 73.6 cm³/mol. The molecule has 0 aliphatic rings. The van der Waals surface area contributed by atoms with E-state index in [-0.39, 0.29) is 0 Å². The lowest BCUT2D eigenvalue weighted by molar-refractivity contribution is 0.0696. The molecule has 2 rings (SSSR count). The molecule has 2 aromatic carbocycles. The number of rotatable bonds is 4. The van der Waals surface area contributed by atoms with E-state index in [0.717, 1.165) is 5.56 Å². The topological polar surface area (TPSA) is 46.5 Å². The van der Waals surface area contributed by atoms with Crippen LogP contribution in [0.25, 0.3) is 0 Å². The molecule has 1 N–H and O–H groups in total. The monoisotopic (exact) mass is 256 g/mol. The molecular formula is C16H16O3. The summed E-state index contributed by atoms with van der Waals surface area (Å²) in [4.78, 5) is 10.9. The molecule has 3 nitrogen and oxygen atoms in total. The zero-order chi connectivity index (χ0) is 13.8. The molecule has 0 fully saturated rings. The van der Waals surface area contributed by atoms with Crippen molar-refractivity contribution < 1.29 is 14.6 Å². The molecule has 0 heterocycles. The van der Waals surface area contributed by atoms with Crippen molar-refractivity contribution in [3.05, 3.63) is 64.7 Å². The summed E-state index contributed by atoms with van der Waals surface area (Å²) in [6.07, 6.45) is 0. The molecule has 3 heteroatoms. The van der Waals surface area contributed by atoms with E-state index in [1.165, 1.54) is 5.56 Å². The summed E-state index contributed by atoms with van der Waals surface area (Å²) >= 11 is 0. The van der Waals surface area contributed by atoms with Gasteiger partial charge in [0.25, 0.3) is 0 Å². The smallest absolute Gasteiger partial charge is 0.335 e. The summed E-state index contributed by atoms with van der Waals surface area (Å²) in [5.74, 6) is -0.230. The minimum Gasteiger partial charge on any atom is -0.489 e. The number of carboxylic acid groups (broad SMARTS) is 1. The van der Waals surface area contributed by atoms with Gasteiger partial charge in [-0.3, -0.25) is 0 Å². The first-order valence-corrected chi connectivity index (χ1v) is 6.08. The molecule has 0 saturated carbocycles. The molecule has 0 atom stereocenters. The molecule has 0 radical (unpaired) electrons. The number of carbonyl (C=O) groups is 1. The van der Waals surface area contributed by atoms with Crippen molar-refractivity contribution in [2.75, 3.05) is 0 Å². The third-order valence-electron chi connectivity index (χ3n) is 2.92. The van der Waals surface area contributed by atoms with E-state index in [9.17, 15) is 4.79 Å². The second kappa shape index (κ2) is 5.57. The van der Waals surface area contributed by atoms with E-state index in [1.54, 1.807) is 25.1 Å². The van der Waals surface area contributed by atoms with Crippen molar-refractivity contribution in [1.82, 2.24) is 0 Å². The molecule has 2 aromatic rings.